The SMILES string of the molecule is CCN(CCC(C)c1[nH]c2ncccc2c1Sc1ccc(Cl)cc1)CC(C)(C)O. The number of aromatic nitrogens is 2. The number of H-pyrrole nitrogens is 1. The average Bonchev–Trinajstić information content (AvgIpc) is 3.04. The van der Waals surface area contributed by atoms with Crippen LogP contribution >= 0.6 is 23.4 Å². The summed E-state index contributed by atoms with van der Waals surface area (Å²) in [6.45, 7) is 10.7. The van der Waals surface area contributed by atoms with Crippen LogP contribution in [0.3, 0.4) is 0 Å². The maximum absolute atomic E-state index is 10.2. The topological polar surface area (TPSA) is 52.2 Å². The van der Waals surface area contributed by atoms with E-state index in [-0.39, 0.29) is 0 Å². The Morgan fingerprint density at radius 3 is 2.62 bits per heavy atom. The van der Waals surface area contributed by atoms with Gasteiger partial charge in [0.25, 0.3) is 0 Å². The van der Waals surface area contributed by atoms with Gasteiger partial charge in [0.1, 0.15) is 5.65 Å². The lowest BCUT2D eigenvalue weighted by molar-refractivity contribution is 0.0370. The van der Waals surface area contributed by atoms with Gasteiger partial charge in [-0.15, -0.1) is 0 Å². The zero-order valence-corrected chi connectivity index (χ0v) is 19.1. The first-order valence-electron chi connectivity index (χ1n) is 10.1. The summed E-state index contributed by atoms with van der Waals surface area (Å²) in [6.07, 6.45) is 2.83. The molecule has 3 rings (SSSR count). The largest absolute Gasteiger partial charge is 0.389 e. The number of hydrogen-bond donors (Lipinski definition) is 2. The molecule has 156 valence electrons. The number of halogens is 1. The molecule has 2 heterocycles. The summed E-state index contributed by atoms with van der Waals surface area (Å²) in [5.41, 5.74) is 1.47. The summed E-state index contributed by atoms with van der Waals surface area (Å²) in [5.74, 6) is 0.342. The first kappa shape index (κ1) is 22.2. The molecule has 0 spiro atoms. The molecule has 4 nitrogen and oxygen atoms in total. The second-order valence-electron chi connectivity index (χ2n) is 8.19. The highest BCUT2D eigenvalue weighted by molar-refractivity contribution is 7.99. The first-order chi connectivity index (χ1) is 13.8. The Bertz CT molecular complexity index is 933. The van der Waals surface area contributed by atoms with Gasteiger partial charge in [0.2, 0.25) is 0 Å². The van der Waals surface area contributed by atoms with Gasteiger partial charge in [-0.2, -0.15) is 0 Å². The second kappa shape index (κ2) is 9.52. The van der Waals surface area contributed by atoms with Crippen LogP contribution in [0.15, 0.2) is 52.4 Å². The number of rotatable bonds is 9. The minimum atomic E-state index is -0.681. The first-order valence-corrected chi connectivity index (χ1v) is 11.3. The van der Waals surface area contributed by atoms with Gasteiger partial charge in [-0.1, -0.05) is 37.2 Å². The van der Waals surface area contributed by atoms with Crippen LogP contribution in [-0.2, 0) is 0 Å². The molecular weight excluding hydrogens is 402 g/mol. The van der Waals surface area contributed by atoms with Crippen molar-refractivity contribution in [2.45, 2.75) is 55.4 Å². The zero-order valence-electron chi connectivity index (χ0n) is 17.6. The van der Waals surface area contributed by atoms with Gasteiger partial charge in [-0.25, -0.2) is 4.98 Å². The monoisotopic (exact) mass is 431 g/mol. The summed E-state index contributed by atoms with van der Waals surface area (Å²) in [4.78, 5) is 12.8. The Balaban J connectivity index is 1.83. The maximum Gasteiger partial charge on any atom is 0.138 e. The Morgan fingerprint density at radius 1 is 1.24 bits per heavy atom. The molecule has 0 fully saturated rings. The third kappa shape index (κ3) is 5.98. The van der Waals surface area contributed by atoms with E-state index in [4.69, 9.17) is 11.6 Å². The molecule has 0 radical (unpaired) electrons. The van der Waals surface area contributed by atoms with Gasteiger partial charge in [0.05, 0.1) is 5.60 Å². The van der Waals surface area contributed by atoms with Gasteiger partial charge in [-0.3, -0.25) is 0 Å². The van der Waals surface area contributed by atoms with Gasteiger partial charge < -0.3 is 15.0 Å². The van der Waals surface area contributed by atoms with E-state index in [2.05, 4.69) is 46.9 Å². The number of nitrogens with one attached hydrogen (secondary N) is 1. The molecule has 1 atom stereocenters. The highest BCUT2D eigenvalue weighted by Gasteiger charge is 2.21. The fraction of sp³-hybridized carbons (Fsp3) is 0.435. The quantitative estimate of drug-likeness (QED) is 0.439. The number of nitrogens with zero attached hydrogens (tertiary/aromatic N) is 2. The third-order valence-electron chi connectivity index (χ3n) is 5.01. The van der Waals surface area contributed by atoms with Crippen molar-refractivity contribution < 1.29 is 5.11 Å². The van der Waals surface area contributed by atoms with Crippen molar-refractivity contribution in [3.63, 3.8) is 0 Å². The Morgan fingerprint density at radius 2 is 1.97 bits per heavy atom. The second-order valence-corrected chi connectivity index (χ2v) is 9.71. The molecule has 0 aliphatic rings. The molecule has 1 unspecified atom stereocenters. The Kier molecular flexibility index (Phi) is 7.28. The van der Waals surface area contributed by atoms with Crippen molar-refractivity contribution >= 4 is 34.4 Å². The molecule has 0 saturated carbocycles. The van der Waals surface area contributed by atoms with E-state index in [0.717, 1.165) is 40.5 Å². The van der Waals surface area contributed by atoms with Crippen LogP contribution in [0.1, 0.15) is 45.7 Å². The molecule has 29 heavy (non-hydrogen) atoms. The number of hydrogen-bond acceptors (Lipinski definition) is 4. The van der Waals surface area contributed by atoms with Crippen molar-refractivity contribution in [3.05, 3.63) is 53.3 Å². The Labute approximate surface area is 182 Å². The minimum absolute atomic E-state index is 0.342. The molecule has 0 saturated heterocycles. The van der Waals surface area contributed by atoms with Crippen LogP contribution in [0.2, 0.25) is 5.02 Å². The lowest BCUT2D eigenvalue weighted by atomic mass is 10.0. The summed E-state index contributed by atoms with van der Waals surface area (Å²) < 4.78 is 0. The zero-order chi connectivity index (χ0) is 21.0. The smallest absolute Gasteiger partial charge is 0.138 e. The number of aliphatic hydroxyl groups is 1. The lowest BCUT2D eigenvalue weighted by Gasteiger charge is -2.28. The molecule has 0 aliphatic heterocycles. The molecule has 0 bridgehead atoms. The van der Waals surface area contributed by atoms with Crippen LogP contribution in [0, 0.1) is 0 Å². The maximum atomic E-state index is 10.2. The number of benzene rings is 1. The fourth-order valence-electron chi connectivity index (χ4n) is 3.51. The molecular formula is C23H30ClN3OS. The van der Waals surface area contributed by atoms with Crippen LogP contribution in [0.25, 0.3) is 11.0 Å². The highest BCUT2D eigenvalue weighted by Crippen LogP contribution is 2.40. The number of pyridine rings is 1. The molecule has 2 N–H and O–H groups in total. The average molecular weight is 432 g/mol. The predicted molar refractivity (Wildman–Crippen MR) is 123 cm³/mol. The van der Waals surface area contributed by atoms with Crippen LogP contribution < -0.4 is 0 Å². The summed E-state index contributed by atoms with van der Waals surface area (Å²) >= 11 is 7.81. The number of aromatic amines is 1. The number of likely N-dealkylation sites (N-methyl/N-ethyl adjacent to an activating group) is 1. The van der Waals surface area contributed by atoms with Gasteiger partial charge in [0.15, 0.2) is 0 Å². The van der Waals surface area contributed by atoms with Crippen molar-refractivity contribution in [3.8, 4) is 0 Å². The predicted octanol–water partition coefficient (Wildman–Crippen LogP) is 5.95. The third-order valence-corrected chi connectivity index (χ3v) is 6.42. The lowest BCUT2D eigenvalue weighted by Crippen LogP contribution is -2.39. The molecule has 3 aromatic rings. The summed E-state index contributed by atoms with van der Waals surface area (Å²) in [5, 5.41) is 12.1. The van der Waals surface area contributed by atoms with Gasteiger partial charge in [-0.05, 0) is 75.7 Å². The van der Waals surface area contributed by atoms with E-state index in [1.807, 2.05) is 38.2 Å². The molecule has 0 amide bonds. The Hall–Kier alpha value is -1.53. The normalized spacial score (nSPS) is 13.3. The van der Waals surface area contributed by atoms with Crippen molar-refractivity contribution in [1.82, 2.24) is 14.9 Å². The standard InChI is InChI=1S/C23H30ClN3OS/c1-5-27(15-23(3,4)28)14-12-16(2)20-21(19-7-6-13-25-22(19)26-20)29-18-10-8-17(24)9-11-18/h6-11,13,16,28H,5,12,14-15H2,1-4H3,(H,25,26). The molecule has 0 aliphatic carbocycles. The van der Waals surface area contributed by atoms with Gasteiger partial charge in [0, 0.05) is 38.6 Å². The highest BCUT2D eigenvalue weighted by atomic mass is 35.5. The van der Waals surface area contributed by atoms with E-state index in [1.165, 1.54) is 10.6 Å². The molecule has 1 aromatic carbocycles. The summed E-state index contributed by atoms with van der Waals surface area (Å²) in [6, 6.07) is 12.1. The van der Waals surface area contributed by atoms with E-state index >= 15 is 0 Å². The minimum Gasteiger partial charge on any atom is -0.389 e. The van der Waals surface area contributed by atoms with E-state index < -0.39 is 5.60 Å². The molecule has 2 aromatic heterocycles. The number of fused-ring (bicyclic) bond motifs is 1. The van der Waals surface area contributed by atoms with Gasteiger partial charge >= 0.3 is 0 Å². The van der Waals surface area contributed by atoms with E-state index in [0.29, 0.717) is 12.5 Å². The van der Waals surface area contributed by atoms with E-state index in [1.54, 1.807) is 11.8 Å². The van der Waals surface area contributed by atoms with Crippen LogP contribution in [0.4, 0.5) is 0 Å². The summed E-state index contributed by atoms with van der Waals surface area (Å²) in [7, 11) is 0. The van der Waals surface area contributed by atoms with Crippen LogP contribution in [0.5, 0.6) is 0 Å². The van der Waals surface area contributed by atoms with Crippen molar-refractivity contribution in [2.24, 2.45) is 0 Å². The fourth-order valence-corrected chi connectivity index (χ4v) is 4.78. The van der Waals surface area contributed by atoms with E-state index in [9.17, 15) is 5.11 Å². The van der Waals surface area contributed by atoms with Crippen molar-refractivity contribution in [1.29, 1.82) is 0 Å². The van der Waals surface area contributed by atoms with Crippen LogP contribution in [-0.4, -0.2) is 45.2 Å². The molecule has 6 heteroatoms. The van der Waals surface area contributed by atoms with Crippen molar-refractivity contribution in [2.75, 3.05) is 19.6 Å².